The van der Waals surface area contributed by atoms with E-state index in [1.807, 2.05) is 0 Å². The van der Waals surface area contributed by atoms with Crippen LogP contribution in [0.25, 0.3) is 0 Å². The fraction of sp³-hybridized carbons (Fsp3) is 0.278. The third-order valence-electron chi connectivity index (χ3n) is 3.76. The van der Waals surface area contributed by atoms with Gasteiger partial charge in [-0.05, 0) is 48.9 Å². The van der Waals surface area contributed by atoms with E-state index in [-0.39, 0.29) is 16.8 Å². The van der Waals surface area contributed by atoms with Crippen LogP contribution in [0.15, 0.2) is 41.6 Å². The van der Waals surface area contributed by atoms with E-state index in [0.717, 1.165) is 19.1 Å². The van der Waals surface area contributed by atoms with E-state index in [2.05, 4.69) is 5.16 Å². The standard InChI is InChI=1S/C18H11ClF9NO.HNO2S/c1-9(14-7-13(19)2-3-15(14)18(26,27)28)29-30-8-10-4-11(16(20,21)22)6-12(5-10)17(23,24)25;1-4(2)3/h2-7H,8H2,1H3;1H/b29-9+;. The van der Waals surface area contributed by atoms with Crippen molar-refractivity contribution < 1.29 is 52.8 Å². The van der Waals surface area contributed by atoms with Crippen molar-refractivity contribution in [2.45, 2.75) is 32.1 Å². The molecule has 0 saturated carbocycles. The largest absolute Gasteiger partial charge is 0.417 e. The Morgan fingerprint density at radius 2 is 1.38 bits per heavy atom. The first-order valence-electron chi connectivity index (χ1n) is 8.45. The summed E-state index contributed by atoms with van der Waals surface area (Å²) in [4.78, 5) is 4.72. The second-order valence-corrected chi connectivity index (χ2v) is 7.19. The Kier molecular flexibility index (Phi) is 9.52. The molecule has 0 atom stereocenters. The van der Waals surface area contributed by atoms with E-state index < -0.39 is 63.5 Å². The first-order chi connectivity index (χ1) is 15.3. The lowest BCUT2D eigenvalue weighted by atomic mass is 10.0. The molecule has 16 heteroatoms. The zero-order chi connectivity index (χ0) is 26.5. The van der Waals surface area contributed by atoms with Crippen LogP contribution in [-0.2, 0) is 40.5 Å². The van der Waals surface area contributed by atoms with Gasteiger partial charge in [0.1, 0.15) is 6.61 Å². The maximum atomic E-state index is 13.1. The predicted molar refractivity (Wildman–Crippen MR) is 102 cm³/mol. The molecule has 188 valence electrons. The molecule has 34 heavy (non-hydrogen) atoms. The highest BCUT2D eigenvalue weighted by atomic mass is 35.5. The van der Waals surface area contributed by atoms with Gasteiger partial charge in [-0.2, -0.15) is 52.7 Å². The molecule has 0 aliphatic rings. The zero-order valence-electron chi connectivity index (χ0n) is 16.5. The number of alkyl halides is 9. The molecule has 1 N–H and O–H groups in total. The smallest absolute Gasteiger partial charge is 0.391 e. The van der Waals surface area contributed by atoms with Crippen LogP contribution in [0.3, 0.4) is 0 Å². The van der Waals surface area contributed by atoms with Gasteiger partial charge in [-0.1, -0.05) is 16.8 Å². The molecule has 5 nitrogen and oxygen atoms in total. The number of nitrogens with zero attached hydrogens (tertiary/aromatic N) is 1. The maximum absolute atomic E-state index is 13.1. The molecule has 0 aromatic heterocycles. The number of oxime groups is 1. The van der Waals surface area contributed by atoms with Crippen LogP contribution >= 0.6 is 11.6 Å². The number of halogens is 10. The van der Waals surface area contributed by atoms with Crippen molar-refractivity contribution in [3.8, 4) is 0 Å². The van der Waals surface area contributed by atoms with Gasteiger partial charge < -0.3 is 4.84 Å². The van der Waals surface area contributed by atoms with Gasteiger partial charge in [0.05, 0.1) is 22.4 Å². The van der Waals surface area contributed by atoms with Gasteiger partial charge in [0.2, 0.25) is 0 Å². The predicted octanol–water partition coefficient (Wildman–Crippen LogP) is 6.97. The number of nitrogens with one attached hydrogen (secondary N) is 1. The van der Waals surface area contributed by atoms with Crippen LogP contribution in [0, 0.1) is 4.78 Å². The SMILES string of the molecule is C/C(=N\OCc1cc(C(F)(F)F)cc(C(F)(F)F)c1)c1cc(Cl)ccc1C(F)(F)F.N=S(=O)=O. The lowest BCUT2D eigenvalue weighted by Gasteiger charge is -2.14. The first kappa shape index (κ1) is 29.2. The number of benzene rings is 2. The van der Waals surface area contributed by atoms with Crippen molar-refractivity contribution in [3.05, 3.63) is 69.2 Å². The highest BCUT2D eigenvalue weighted by molar-refractivity contribution is 7.60. The van der Waals surface area contributed by atoms with Crippen LogP contribution in [0.2, 0.25) is 5.02 Å². The Hall–Kier alpha value is -2.81. The topological polar surface area (TPSA) is 79.6 Å². The second-order valence-electron chi connectivity index (χ2n) is 6.29. The van der Waals surface area contributed by atoms with E-state index in [4.69, 9.17) is 29.6 Å². The van der Waals surface area contributed by atoms with Gasteiger partial charge in [0, 0.05) is 10.6 Å². The van der Waals surface area contributed by atoms with Crippen molar-refractivity contribution in [1.82, 2.24) is 0 Å². The first-order valence-corrected chi connectivity index (χ1v) is 9.90. The monoisotopic (exact) mass is 542 g/mol. The molecule has 0 unspecified atom stereocenters. The van der Waals surface area contributed by atoms with Crippen molar-refractivity contribution in [2.75, 3.05) is 0 Å². The molecule has 0 aliphatic heterocycles. The van der Waals surface area contributed by atoms with Gasteiger partial charge in [-0.3, -0.25) is 0 Å². The summed E-state index contributed by atoms with van der Waals surface area (Å²) in [5.74, 6) is 0. The number of hydrogen-bond acceptors (Lipinski definition) is 5. The van der Waals surface area contributed by atoms with Crippen molar-refractivity contribution in [3.63, 3.8) is 0 Å². The van der Waals surface area contributed by atoms with Gasteiger partial charge in [-0.25, -0.2) is 0 Å². The Morgan fingerprint density at radius 1 is 0.912 bits per heavy atom. The molecule has 0 amide bonds. The zero-order valence-corrected chi connectivity index (χ0v) is 18.1. The minimum absolute atomic E-state index is 0.0414. The number of hydrogen-bond donors (Lipinski definition) is 1. The average Bonchev–Trinajstić information content (AvgIpc) is 2.64. The minimum Gasteiger partial charge on any atom is -0.391 e. The number of rotatable bonds is 4. The summed E-state index contributed by atoms with van der Waals surface area (Å²) in [6.45, 7) is 0.278. The van der Waals surface area contributed by atoms with Gasteiger partial charge >= 0.3 is 29.0 Å². The molecule has 2 aromatic rings. The average molecular weight is 543 g/mol. The molecule has 0 saturated heterocycles. The van der Waals surface area contributed by atoms with Gasteiger partial charge in [-0.15, -0.1) is 0 Å². The Labute approximate surface area is 192 Å². The second kappa shape index (κ2) is 11.1. The molecular weight excluding hydrogens is 531 g/mol. The Bertz CT molecular complexity index is 1120. The molecule has 0 aliphatic carbocycles. The molecule has 0 radical (unpaired) electrons. The van der Waals surface area contributed by atoms with E-state index in [1.54, 1.807) is 0 Å². The summed E-state index contributed by atoms with van der Waals surface area (Å²) >= 11 is 5.68. The molecule has 0 fully saturated rings. The molecular formula is C18H12ClF9N2O3S. The van der Waals surface area contributed by atoms with Crippen LogP contribution < -0.4 is 0 Å². The molecule has 2 aromatic carbocycles. The fourth-order valence-electron chi connectivity index (χ4n) is 2.42. The normalized spacial score (nSPS) is 12.6. The van der Waals surface area contributed by atoms with E-state index >= 15 is 0 Å². The minimum atomic E-state index is -5.04. The van der Waals surface area contributed by atoms with Crippen molar-refractivity contribution in [2.24, 2.45) is 5.16 Å². The highest BCUT2D eigenvalue weighted by Crippen LogP contribution is 2.37. The van der Waals surface area contributed by atoms with E-state index in [0.29, 0.717) is 18.2 Å². The Balaban J connectivity index is 0.00000133. The summed E-state index contributed by atoms with van der Waals surface area (Å²) < 4.78 is 139. The summed E-state index contributed by atoms with van der Waals surface area (Å²) in [6, 6.07) is 3.47. The summed E-state index contributed by atoms with van der Waals surface area (Å²) in [6.07, 6.45) is -14.8. The van der Waals surface area contributed by atoms with Crippen LogP contribution in [0.5, 0.6) is 0 Å². The van der Waals surface area contributed by atoms with Crippen molar-refractivity contribution >= 4 is 27.8 Å². The molecule has 0 bridgehead atoms. The van der Waals surface area contributed by atoms with Crippen LogP contribution in [-0.4, -0.2) is 14.1 Å². The highest BCUT2D eigenvalue weighted by Gasteiger charge is 2.37. The maximum Gasteiger partial charge on any atom is 0.417 e. The quantitative estimate of drug-likeness (QED) is 0.257. The summed E-state index contributed by atoms with van der Waals surface area (Å²) in [7, 11) is -2.61. The van der Waals surface area contributed by atoms with Crippen molar-refractivity contribution in [1.29, 1.82) is 4.78 Å². The third kappa shape index (κ3) is 9.21. The van der Waals surface area contributed by atoms with Gasteiger partial charge in [0.15, 0.2) is 0 Å². The van der Waals surface area contributed by atoms with Crippen LogP contribution in [0.1, 0.15) is 34.7 Å². The molecule has 0 spiro atoms. The summed E-state index contributed by atoms with van der Waals surface area (Å²) in [5, 5.41) is 3.34. The van der Waals surface area contributed by atoms with Crippen LogP contribution in [0.4, 0.5) is 39.5 Å². The van der Waals surface area contributed by atoms with E-state index in [1.165, 1.54) is 0 Å². The Morgan fingerprint density at radius 3 is 1.79 bits per heavy atom. The molecule has 0 heterocycles. The lowest BCUT2D eigenvalue weighted by Crippen LogP contribution is -2.13. The molecule has 2 rings (SSSR count). The third-order valence-corrected chi connectivity index (χ3v) is 3.99. The summed E-state index contributed by atoms with van der Waals surface area (Å²) in [5.41, 5.74) is -5.48. The van der Waals surface area contributed by atoms with Gasteiger partial charge in [0.25, 0.3) is 0 Å². The lowest BCUT2D eigenvalue weighted by molar-refractivity contribution is -0.143. The fourth-order valence-corrected chi connectivity index (χ4v) is 2.59. The van der Waals surface area contributed by atoms with E-state index in [9.17, 15) is 39.5 Å².